The number of nitrogens with zero attached hydrogens (tertiary/aromatic N) is 6. The summed E-state index contributed by atoms with van der Waals surface area (Å²) in [5, 5.41) is 52.4. The lowest BCUT2D eigenvalue weighted by molar-refractivity contribution is -0.384. The van der Waals surface area contributed by atoms with Crippen molar-refractivity contribution in [2.75, 3.05) is 11.5 Å². The fraction of sp³-hybridized carbons (Fsp3) is 0.316. The van der Waals surface area contributed by atoms with Crippen molar-refractivity contribution in [1.29, 1.82) is 0 Å². The third-order valence-electron chi connectivity index (χ3n) is 5.38. The number of aromatic nitrogens is 4. The lowest BCUT2D eigenvalue weighted by atomic mass is 10.0. The van der Waals surface area contributed by atoms with Gasteiger partial charge in [0.2, 0.25) is 5.16 Å². The fourth-order valence-electron chi connectivity index (χ4n) is 3.64. The van der Waals surface area contributed by atoms with Crippen LogP contribution in [0.15, 0.2) is 40.7 Å². The Labute approximate surface area is 214 Å². The van der Waals surface area contributed by atoms with Crippen molar-refractivity contribution in [3.05, 3.63) is 51.2 Å². The molecule has 1 aromatic heterocycles. The number of non-ortho nitro benzene ring substituents is 1. The number of rotatable bonds is 10. The molecule has 18 heteroatoms. The molecule has 2 amide bonds. The number of aliphatic carboxylic acids is 2. The second kappa shape index (κ2) is 10.5. The van der Waals surface area contributed by atoms with Crippen LogP contribution >= 0.6 is 23.5 Å². The molecule has 2 aliphatic rings. The maximum atomic E-state index is 12.8. The van der Waals surface area contributed by atoms with E-state index in [-0.39, 0.29) is 33.6 Å². The number of thioether (sulfide) groups is 2. The summed E-state index contributed by atoms with van der Waals surface area (Å²) in [5.74, 6) is -3.84. The van der Waals surface area contributed by atoms with Crippen LogP contribution in [-0.4, -0.2) is 92.0 Å². The quantitative estimate of drug-likeness (QED) is 0.123. The van der Waals surface area contributed by atoms with Gasteiger partial charge in [-0.25, -0.2) is 9.48 Å². The zero-order valence-electron chi connectivity index (χ0n) is 18.5. The average molecular weight is 552 g/mol. The van der Waals surface area contributed by atoms with Crippen LogP contribution in [0.4, 0.5) is 5.69 Å². The number of nitrogens with one attached hydrogen (secondary N) is 1. The number of β-lactam (4-membered cyclic amide) rings is 1. The highest BCUT2D eigenvalue weighted by molar-refractivity contribution is 8.01. The fourth-order valence-corrected chi connectivity index (χ4v) is 6.00. The molecule has 4 N–H and O–H groups in total. The Kier molecular flexibility index (Phi) is 7.41. The number of benzene rings is 1. The first kappa shape index (κ1) is 26.0. The van der Waals surface area contributed by atoms with Crippen LogP contribution in [-0.2, 0) is 25.7 Å². The van der Waals surface area contributed by atoms with E-state index in [1.165, 1.54) is 23.9 Å². The predicted molar refractivity (Wildman–Crippen MR) is 124 cm³/mol. The van der Waals surface area contributed by atoms with Crippen molar-refractivity contribution in [3.63, 3.8) is 0 Å². The van der Waals surface area contributed by atoms with Gasteiger partial charge in [0.1, 0.15) is 23.7 Å². The Hall–Kier alpha value is -4.03. The number of hydrogen-bond donors (Lipinski definition) is 4. The molecule has 1 fully saturated rings. The SMILES string of the molecule is O=C(O)Cn1nnnc1SCC1=C(C(=O)O)N2C(=O)C(NC(=O)[C@H](O)c3ccc([N+](=O)[O-])cc3)[C@H]2SC1. The first-order valence-corrected chi connectivity index (χ1v) is 12.4. The van der Waals surface area contributed by atoms with Crippen LogP contribution in [0.25, 0.3) is 0 Å². The van der Waals surface area contributed by atoms with Crippen molar-refractivity contribution in [2.24, 2.45) is 0 Å². The normalized spacial score (nSPS) is 19.6. The maximum absolute atomic E-state index is 12.8. The summed E-state index contributed by atoms with van der Waals surface area (Å²) in [6.07, 6.45) is -1.70. The predicted octanol–water partition coefficient (Wildman–Crippen LogP) is -0.770. The van der Waals surface area contributed by atoms with Gasteiger partial charge >= 0.3 is 11.9 Å². The van der Waals surface area contributed by atoms with Gasteiger partial charge in [0, 0.05) is 23.6 Å². The number of fused-ring (bicyclic) bond motifs is 1. The number of nitro benzene ring substituents is 1. The maximum Gasteiger partial charge on any atom is 0.352 e. The lowest BCUT2D eigenvalue weighted by Gasteiger charge is -2.49. The number of tetrazole rings is 1. The zero-order valence-corrected chi connectivity index (χ0v) is 20.1. The highest BCUT2D eigenvalue weighted by Gasteiger charge is 2.54. The zero-order chi connectivity index (χ0) is 26.9. The van der Waals surface area contributed by atoms with Gasteiger partial charge in [0.15, 0.2) is 6.10 Å². The lowest BCUT2D eigenvalue weighted by Crippen LogP contribution is -2.70. The molecule has 4 rings (SSSR count). The van der Waals surface area contributed by atoms with Crippen LogP contribution in [0.5, 0.6) is 0 Å². The van der Waals surface area contributed by atoms with Crippen LogP contribution in [0.3, 0.4) is 0 Å². The van der Waals surface area contributed by atoms with Gasteiger partial charge in [-0.3, -0.25) is 29.4 Å². The van der Waals surface area contributed by atoms with E-state index in [1.807, 2.05) is 0 Å². The highest BCUT2D eigenvalue weighted by atomic mass is 32.2. The number of hydrogen-bond acceptors (Lipinski definition) is 12. The minimum atomic E-state index is -1.70. The van der Waals surface area contributed by atoms with E-state index in [4.69, 9.17) is 5.11 Å². The Morgan fingerprint density at radius 2 is 1.97 bits per heavy atom. The summed E-state index contributed by atoms with van der Waals surface area (Å²) in [6, 6.07) is 3.60. The van der Waals surface area contributed by atoms with Gasteiger partial charge in [-0.05, 0) is 33.7 Å². The largest absolute Gasteiger partial charge is 0.480 e. The summed E-state index contributed by atoms with van der Waals surface area (Å²) in [4.78, 5) is 59.5. The van der Waals surface area contributed by atoms with Gasteiger partial charge in [-0.15, -0.1) is 16.9 Å². The molecule has 2 aromatic rings. The molecule has 194 valence electrons. The van der Waals surface area contributed by atoms with E-state index in [9.17, 15) is 39.5 Å². The molecule has 0 radical (unpaired) electrons. The Bertz CT molecular complexity index is 1310. The summed E-state index contributed by atoms with van der Waals surface area (Å²) >= 11 is 2.22. The third-order valence-corrected chi connectivity index (χ3v) is 7.76. The summed E-state index contributed by atoms with van der Waals surface area (Å²) < 4.78 is 1.05. The second-order valence-electron chi connectivity index (χ2n) is 7.71. The van der Waals surface area contributed by atoms with Gasteiger partial charge in [0.25, 0.3) is 17.5 Å². The second-order valence-corrected chi connectivity index (χ2v) is 9.75. The van der Waals surface area contributed by atoms with E-state index in [1.54, 1.807) is 0 Å². The molecule has 0 saturated carbocycles. The van der Waals surface area contributed by atoms with E-state index in [0.29, 0.717) is 5.57 Å². The van der Waals surface area contributed by atoms with Crippen molar-refractivity contribution in [2.45, 2.75) is 29.2 Å². The van der Waals surface area contributed by atoms with Crippen LogP contribution in [0.2, 0.25) is 0 Å². The molecule has 37 heavy (non-hydrogen) atoms. The first-order chi connectivity index (χ1) is 17.6. The average Bonchev–Trinajstić information content (AvgIpc) is 3.30. The van der Waals surface area contributed by atoms with Crippen molar-refractivity contribution >= 4 is 53.0 Å². The van der Waals surface area contributed by atoms with Crippen molar-refractivity contribution < 1.29 is 39.4 Å². The number of nitro groups is 1. The summed E-state index contributed by atoms with van der Waals surface area (Å²) in [6.45, 7) is -0.477. The smallest absolute Gasteiger partial charge is 0.352 e. The summed E-state index contributed by atoms with van der Waals surface area (Å²) in [7, 11) is 0. The number of amides is 2. The molecule has 2 aliphatic heterocycles. The molecule has 3 heterocycles. The van der Waals surface area contributed by atoms with Crippen LogP contribution in [0, 0.1) is 10.1 Å². The molecule has 0 aliphatic carbocycles. The molecular weight excluding hydrogens is 534 g/mol. The van der Waals surface area contributed by atoms with Crippen LogP contribution in [0.1, 0.15) is 11.7 Å². The minimum Gasteiger partial charge on any atom is -0.480 e. The Morgan fingerprint density at radius 1 is 1.27 bits per heavy atom. The van der Waals surface area contributed by atoms with Crippen LogP contribution < -0.4 is 5.32 Å². The van der Waals surface area contributed by atoms with E-state index >= 15 is 0 Å². The number of carbonyl (C=O) groups is 4. The standard InChI is InChI=1S/C19H17N7O9S2/c27-11(28)5-24-19(21-22-23-24)37-7-9-6-36-17-12(16(31)25(17)13(9)18(32)33)20-15(30)14(29)8-1-3-10(4-2-8)26(34)35/h1-4,12,14,17,29H,5-7H2,(H,20,30)(H,27,28)(H,32,33)/t12?,14-,17-/m1/s1. The van der Waals surface area contributed by atoms with Gasteiger partial charge in [0.05, 0.1) is 4.92 Å². The molecular formula is C19H17N7O9S2. The number of aliphatic hydroxyl groups is 1. The van der Waals surface area contributed by atoms with Gasteiger partial charge in [-0.1, -0.05) is 11.8 Å². The molecule has 0 spiro atoms. The molecule has 1 aromatic carbocycles. The molecule has 16 nitrogen and oxygen atoms in total. The van der Waals surface area contributed by atoms with E-state index < -0.39 is 52.7 Å². The molecule has 1 saturated heterocycles. The highest BCUT2D eigenvalue weighted by Crippen LogP contribution is 2.41. The Balaban J connectivity index is 1.43. The third kappa shape index (κ3) is 5.25. The van der Waals surface area contributed by atoms with E-state index in [0.717, 1.165) is 33.5 Å². The van der Waals surface area contributed by atoms with Gasteiger partial charge in [-0.2, -0.15) is 0 Å². The van der Waals surface area contributed by atoms with Crippen molar-refractivity contribution in [1.82, 2.24) is 30.4 Å². The number of carboxylic acid groups (broad SMARTS) is 2. The monoisotopic (exact) mass is 551 g/mol. The number of carbonyl (C=O) groups excluding carboxylic acids is 2. The topological polar surface area (TPSA) is 231 Å². The molecule has 1 unspecified atom stereocenters. The Morgan fingerprint density at radius 3 is 2.59 bits per heavy atom. The minimum absolute atomic E-state index is 0.0704. The number of aliphatic hydroxyl groups excluding tert-OH is 1. The van der Waals surface area contributed by atoms with Gasteiger partial charge < -0.3 is 20.6 Å². The van der Waals surface area contributed by atoms with Crippen molar-refractivity contribution in [3.8, 4) is 0 Å². The first-order valence-electron chi connectivity index (χ1n) is 10.3. The number of carboxylic acids is 2. The summed E-state index contributed by atoms with van der Waals surface area (Å²) in [5.41, 5.74) is -0.00796. The van der Waals surface area contributed by atoms with E-state index in [2.05, 4.69) is 20.8 Å². The molecule has 3 atom stereocenters. The molecule has 0 bridgehead atoms.